The molecule has 0 amide bonds. The second-order valence-corrected chi connectivity index (χ2v) is 3.58. The van der Waals surface area contributed by atoms with Crippen molar-refractivity contribution < 1.29 is 0 Å². The van der Waals surface area contributed by atoms with E-state index in [1.807, 2.05) is 0 Å². The zero-order valence-electron chi connectivity index (χ0n) is 7.21. The maximum absolute atomic E-state index is 8.36. The first-order valence-corrected chi connectivity index (χ1v) is 5.05. The zero-order valence-corrected chi connectivity index (χ0v) is 8.02. The lowest BCUT2D eigenvalue weighted by Crippen LogP contribution is -1.85. The molecule has 0 aliphatic rings. The number of rotatable bonds is 4. The maximum atomic E-state index is 8.36. The summed E-state index contributed by atoms with van der Waals surface area (Å²) in [5.74, 6) is 0. The summed E-state index contributed by atoms with van der Waals surface area (Å²) in [5, 5.41) is 11.6. The summed E-state index contributed by atoms with van der Waals surface area (Å²) in [4.78, 5) is 4.40. The number of nitriles is 1. The number of aromatic nitrogens is 1. The Kier molecular flexibility index (Phi) is 3.75. The molecule has 0 fully saturated rings. The van der Waals surface area contributed by atoms with Crippen LogP contribution in [0.1, 0.15) is 30.5 Å². The lowest BCUT2D eigenvalue weighted by Gasteiger charge is -1.88. The molecule has 0 aromatic carbocycles. The van der Waals surface area contributed by atoms with Crippen LogP contribution in [0.3, 0.4) is 0 Å². The molecule has 0 spiro atoms. The Hall–Kier alpha value is -0.880. The number of hydrogen-bond donors (Lipinski definition) is 0. The highest BCUT2D eigenvalue weighted by atomic mass is 32.1. The molecule has 0 radical (unpaired) electrons. The molecular weight excluding hydrogens is 168 g/mol. The fourth-order valence-electron chi connectivity index (χ4n) is 0.998. The van der Waals surface area contributed by atoms with E-state index in [2.05, 4.69) is 23.4 Å². The molecule has 64 valence electrons. The van der Waals surface area contributed by atoms with Crippen molar-refractivity contribution in [2.45, 2.75) is 32.6 Å². The van der Waals surface area contributed by atoms with Crippen molar-refractivity contribution in [3.8, 4) is 6.07 Å². The van der Waals surface area contributed by atoms with Gasteiger partial charge in [0.25, 0.3) is 0 Å². The van der Waals surface area contributed by atoms with Gasteiger partial charge in [0, 0.05) is 18.2 Å². The van der Waals surface area contributed by atoms with Crippen LogP contribution in [-0.4, -0.2) is 4.98 Å². The van der Waals surface area contributed by atoms with E-state index in [1.165, 1.54) is 5.69 Å². The van der Waals surface area contributed by atoms with Crippen LogP contribution in [0.25, 0.3) is 0 Å². The fraction of sp³-hybridized carbons (Fsp3) is 0.556. The molecule has 1 heterocycles. The lowest BCUT2D eigenvalue weighted by molar-refractivity contribution is 0.874. The summed E-state index contributed by atoms with van der Waals surface area (Å²) >= 11 is 1.67. The highest BCUT2D eigenvalue weighted by Gasteiger charge is 1.99. The van der Waals surface area contributed by atoms with E-state index in [0.717, 1.165) is 24.3 Å². The van der Waals surface area contributed by atoms with E-state index in [1.54, 1.807) is 11.3 Å². The first kappa shape index (κ1) is 9.21. The Morgan fingerprint density at radius 1 is 1.58 bits per heavy atom. The minimum absolute atomic E-state index is 0.582. The molecule has 0 aliphatic heterocycles. The predicted octanol–water partition coefficient (Wildman–Crippen LogP) is 2.55. The first-order valence-electron chi connectivity index (χ1n) is 4.17. The Bertz CT molecular complexity index is 272. The third-order valence-corrected chi connectivity index (χ3v) is 2.51. The van der Waals surface area contributed by atoms with Gasteiger partial charge in [0.05, 0.1) is 16.8 Å². The average molecular weight is 180 g/mol. The van der Waals surface area contributed by atoms with Crippen molar-refractivity contribution in [2.75, 3.05) is 0 Å². The molecule has 1 rings (SSSR count). The van der Waals surface area contributed by atoms with Gasteiger partial charge in [-0.2, -0.15) is 5.26 Å². The van der Waals surface area contributed by atoms with E-state index in [-0.39, 0.29) is 0 Å². The molecule has 0 saturated heterocycles. The van der Waals surface area contributed by atoms with Crippen molar-refractivity contribution in [1.82, 2.24) is 4.98 Å². The number of thiazole rings is 1. The van der Waals surface area contributed by atoms with Crippen LogP contribution >= 0.6 is 11.3 Å². The smallest absolute Gasteiger partial charge is 0.0938 e. The molecule has 12 heavy (non-hydrogen) atoms. The largest absolute Gasteiger partial charge is 0.246 e. The van der Waals surface area contributed by atoms with E-state index in [4.69, 9.17) is 5.26 Å². The number of aryl methyl sites for hydroxylation is 2. The van der Waals surface area contributed by atoms with Gasteiger partial charge in [-0.25, -0.2) is 4.98 Å². The molecule has 0 saturated carbocycles. The molecule has 3 heteroatoms. The minimum atomic E-state index is 0.582. The number of nitrogens with zero attached hydrogens (tertiary/aromatic N) is 2. The van der Waals surface area contributed by atoms with Crippen LogP contribution in [0.2, 0.25) is 0 Å². The summed E-state index contributed by atoms with van der Waals surface area (Å²) in [6, 6.07) is 2.12. The van der Waals surface area contributed by atoms with Crippen LogP contribution in [-0.2, 0) is 12.8 Å². The van der Waals surface area contributed by atoms with E-state index in [9.17, 15) is 0 Å². The normalized spacial score (nSPS) is 9.67. The SMILES string of the molecule is CCCc1csc(CCC#N)n1. The van der Waals surface area contributed by atoms with E-state index in [0.29, 0.717) is 6.42 Å². The summed E-state index contributed by atoms with van der Waals surface area (Å²) in [6.45, 7) is 2.15. The van der Waals surface area contributed by atoms with Crippen molar-refractivity contribution >= 4 is 11.3 Å². The van der Waals surface area contributed by atoms with Gasteiger partial charge in [-0.3, -0.25) is 0 Å². The average Bonchev–Trinajstić information content (AvgIpc) is 2.50. The van der Waals surface area contributed by atoms with Gasteiger partial charge in [-0.1, -0.05) is 13.3 Å². The predicted molar refractivity (Wildman–Crippen MR) is 50.0 cm³/mol. The molecular formula is C9H12N2S. The number of hydrogen-bond acceptors (Lipinski definition) is 3. The van der Waals surface area contributed by atoms with Crippen LogP contribution in [0.4, 0.5) is 0 Å². The summed E-state index contributed by atoms with van der Waals surface area (Å²) in [5.41, 5.74) is 1.18. The standard InChI is InChI=1S/C9H12N2S/c1-2-4-8-7-12-9(11-8)5-3-6-10/h7H,2-5H2,1H3. The van der Waals surface area contributed by atoms with Crippen LogP contribution in [0.15, 0.2) is 5.38 Å². The zero-order chi connectivity index (χ0) is 8.81. The Morgan fingerprint density at radius 3 is 3.08 bits per heavy atom. The van der Waals surface area contributed by atoms with E-state index >= 15 is 0 Å². The highest BCUT2D eigenvalue weighted by Crippen LogP contribution is 2.12. The maximum Gasteiger partial charge on any atom is 0.0938 e. The van der Waals surface area contributed by atoms with Gasteiger partial charge in [-0.05, 0) is 6.42 Å². The topological polar surface area (TPSA) is 36.7 Å². The van der Waals surface area contributed by atoms with Gasteiger partial charge < -0.3 is 0 Å². The first-order chi connectivity index (χ1) is 5.86. The van der Waals surface area contributed by atoms with Crippen LogP contribution < -0.4 is 0 Å². The van der Waals surface area contributed by atoms with E-state index < -0.39 is 0 Å². The van der Waals surface area contributed by atoms with Crippen molar-refractivity contribution in [3.05, 3.63) is 16.1 Å². The molecule has 1 aromatic heterocycles. The monoisotopic (exact) mass is 180 g/mol. The quantitative estimate of drug-likeness (QED) is 0.714. The van der Waals surface area contributed by atoms with Crippen molar-refractivity contribution in [3.63, 3.8) is 0 Å². The molecule has 0 atom stereocenters. The molecule has 0 N–H and O–H groups in total. The molecule has 2 nitrogen and oxygen atoms in total. The van der Waals surface area contributed by atoms with Crippen molar-refractivity contribution in [2.24, 2.45) is 0 Å². The van der Waals surface area contributed by atoms with Crippen LogP contribution in [0, 0.1) is 11.3 Å². The van der Waals surface area contributed by atoms with Gasteiger partial charge in [0.1, 0.15) is 0 Å². The third-order valence-electron chi connectivity index (χ3n) is 1.56. The minimum Gasteiger partial charge on any atom is -0.246 e. The Morgan fingerprint density at radius 2 is 2.42 bits per heavy atom. The second-order valence-electron chi connectivity index (χ2n) is 2.64. The van der Waals surface area contributed by atoms with Gasteiger partial charge in [-0.15, -0.1) is 11.3 Å². The fourth-order valence-corrected chi connectivity index (χ4v) is 1.83. The summed E-state index contributed by atoms with van der Waals surface area (Å²) in [7, 11) is 0. The molecule has 0 aliphatic carbocycles. The lowest BCUT2D eigenvalue weighted by atomic mass is 10.3. The Labute approximate surface area is 76.9 Å². The van der Waals surface area contributed by atoms with Gasteiger partial charge in [0.2, 0.25) is 0 Å². The third kappa shape index (κ3) is 2.63. The molecule has 0 unspecified atom stereocenters. The second kappa shape index (κ2) is 4.89. The molecule has 0 bridgehead atoms. The highest BCUT2D eigenvalue weighted by molar-refractivity contribution is 7.09. The van der Waals surface area contributed by atoms with Crippen molar-refractivity contribution in [1.29, 1.82) is 5.26 Å². The Balaban J connectivity index is 2.47. The summed E-state index contributed by atoms with van der Waals surface area (Å²) in [6.07, 6.45) is 3.59. The van der Waals surface area contributed by atoms with Gasteiger partial charge >= 0.3 is 0 Å². The summed E-state index contributed by atoms with van der Waals surface area (Å²) < 4.78 is 0. The van der Waals surface area contributed by atoms with Gasteiger partial charge in [0.15, 0.2) is 0 Å². The van der Waals surface area contributed by atoms with Crippen LogP contribution in [0.5, 0.6) is 0 Å². The molecule has 1 aromatic rings.